The summed E-state index contributed by atoms with van der Waals surface area (Å²) in [6.45, 7) is 86.0. The number of hydrogen-bond donors (Lipinski definition) is 0. The van der Waals surface area contributed by atoms with Gasteiger partial charge in [-0.25, -0.2) is 12.6 Å². The molecule has 2 aromatic rings. The molecule has 0 bridgehead atoms. The lowest BCUT2D eigenvalue weighted by atomic mass is 9.85. The number of rotatable bonds is 27. The molecule has 0 radical (unpaired) electrons. The number of aliphatic imine (C=N–C) groups is 1. The molecule has 111 heavy (non-hydrogen) atoms. The second kappa shape index (κ2) is 62.8. The van der Waals surface area contributed by atoms with Crippen LogP contribution in [0.25, 0.3) is 0 Å². The maximum absolute atomic E-state index is 11.1. The third kappa shape index (κ3) is 56.4. The lowest BCUT2D eigenvalue weighted by Gasteiger charge is -2.16. The molecule has 1 aliphatic heterocycles. The van der Waals surface area contributed by atoms with Crippen LogP contribution in [0.1, 0.15) is 364 Å². The number of aromatic nitrogens is 2. The van der Waals surface area contributed by atoms with E-state index < -0.39 is 21.0 Å². The van der Waals surface area contributed by atoms with Crippen LogP contribution in [0.3, 0.4) is 0 Å². The van der Waals surface area contributed by atoms with E-state index in [0.717, 1.165) is 46.5 Å². The van der Waals surface area contributed by atoms with Crippen LogP contribution in [0.4, 0.5) is 0 Å². The van der Waals surface area contributed by atoms with Gasteiger partial charge in [-0.05, 0) is 109 Å². The number of thiocarbonyl (C=S) groups is 1. The Hall–Kier alpha value is -5.51. The third-order valence-electron chi connectivity index (χ3n) is 16.2. The van der Waals surface area contributed by atoms with Crippen molar-refractivity contribution in [1.82, 2.24) is 8.75 Å². The van der Waals surface area contributed by atoms with E-state index in [0.29, 0.717) is 64.8 Å². The number of carbonyl (C=O) groups excluding carboxylic acids is 6. The summed E-state index contributed by atoms with van der Waals surface area (Å²) in [6.07, 6.45) is 3.78. The summed E-state index contributed by atoms with van der Waals surface area (Å²) in [4.78, 5) is 103. The predicted octanol–water partition coefficient (Wildman–Crippen LogP) is 22.0. The monoisotopic (exact) mass is 1640 g/mol. The standard InChI is InChI=1S/C10H14O2.C9H16O2.C8H14N2OS.C8H14N2S.C8H14N2.C8H15NO2.C8H14O2.C8H16O.C7H14O.C7H14S.C6H14O2S/c1-5(2)7-8(6(3)4)10(12)9(7)11;1-6(2)8(10)5-9(11)7(3)4;1-5(2)7-8(6(3)4)10-12(11)9-7;1-5(2)7-8(6(3)4)10-11-9-7;1-6(2)8(7(3)4)10-5-9;1-6(2)8(7(3)4)5-9(10)11;1-5(2)7(9)8(10)6(3)4;1-6(2)5-8(9)7(3)4;2*1-5(2)7(8)6(3)4;1-5(2)9(7,8)6(3)4/h5-6H,1-4H3;6-7H,5H2,1-4H3;5-6H,1-4H3;5-6H,1-4H3;6-7H,1-4H3;5-7H,1-4H3;5-6H,1-4H3;6-7H,5H2,1-4H3;2*5-6H,1-4H3;5-6H,1-4H3. The number of hydrogen-bond acceptors (Lipinski definition) is 19. The summed E-state index contributed by atoms with van der Waals surface area (Å²) >= 11 is 5.08. The summed E-state index contributed by atoms with van der Waals surface area (Å²) in [5, 5.41) is 18.0. The smallest absolute Gasteiger partial charge is 0.266 e. The second-order valence-electron chi connectivity index (χ2n) is 34.6. The van der Waals surface area contributed by atoms with Gasteiger partial charge in [-0.3, -0.25) is 48.5 Å². The summed E-state index contributed by atoms with van der Waals surface area (Å²) in [7, 11) is -2.81. The average Bonchev–Trinajstić information content (AvgIpc) is 1.34. The van der Waals surface area contributed by atoms with Gasteiger partial charge < -0.3 is 0 Å². The van der Waals surface area contributed by atoms with Gasteiger partial charge in [0, 0.05) is 70.3 Å². The van der Waals surface area contributed by atoms with Crippen LogP contribution in [0.2, 0.25) is 0 Å². The van der Waals surface area contributed by atoms with Gasteiger partial charge in [0.1, 0.15) is 23.1 Å². The maximum Gasteiger partial charge on any atom is 0.266 e. The first kappa shape index (κ1) is 121. The molecule has 644 valence electrons. The van der Waals surface area contributed by atoms with Gasteiger partial charge in [-0.1, -0.05) is 289 Å². The predicted molar refractivity (Wildman–Crippen MR) is 477 cm³/mol. The van der Waals surface area contributed by atoms with E-state index in [9.17, 15) is 61.1 Å². The van der Waals surface area contributed by atoms with Crippen LogP contribution < -0.4 is 10.9 Å². The minimum atomic E-state index is -2.81. The summed E-state index contributed by atoms with van der Waals surface area (Å²) in [5.74, 6) is 5.58. The van der Waals surface area contributed by atoms with Gasteiger partial charge in [-0.15, -0.1) is 0 Å². The molecule has 3 rings (SSSR count). The molecule has 0 spiro atoms. The van der Waals surface area contributed by atoms with Crippen molar-refractivity contribution in [3.63, 3.8) is 0 Å². The van der Waals surface area contributed by atoms with Gasteiger partial charge >= 0.3 is 0 Å². The first-order valence-electron chi connectivity index (χ1n) is 40.1. The lowest BCUT2D eigenvalue weighted by molar-refractivity contribution is -0.404. The fraction of sp³-hybridized carbons (Fsp3) is 0.782. The van der Waals surface area contributed by atoms with Crippen LogP contribution in [-0.4, -0.2) is 93.5 Å². The van der Waals surface area contributed by atoms with E-state index in [1.165, 1.54) is 28.0 Å². The first-order valence-corrected chi connectivity index (χ1v) is 43.9. The number of ketones is 6. The minimum absolute atomic E-state index is 0.0160. The van der Waals surface area contributed by atoms with Crippen molar-refractivity contribution >= 4 is 102 Å². The van der Waals surface area contributed by atoms with E-state index in [2.05, 4.69) is 119 Å². The second-order valence-corrected chi connectivity index (χ2v) is 39.5. The van der Waals surface area contributed by atoms with Crippen molar-refractivity contribution in [2.75, 3.05) is 0 Å². The van der Waals surface area contributed by atoms with Crippen molar-refractivity contribution in [3.05, 3.63) is 64.8 Å². The molecule has 2 heterocycles. The van der Waals surface area contributed by atoms with E-state index in [1.807, 2.05) is 159 Å². The highest BCUT2D eigenvalue weighted by atomic mass is 32.2. The molecule has 1 aliphatic rings. The van der Waals surface area contributed by atoms with Crippen molar-refractivity contribution in [1.29, 1.82) is 5.26 Å². The van der Waals surface area contributed by atoms with Crippen LogP contribution in [0, 0.1) is 116 Å². The first-order chi connectivity index (χ1) is 50.1. The molecular weight excluding hydrogens is 1480 g/mol. The van der Waals surface area contributed by atoms with Gasteiger partial charge in [0.05, 0.1) is 56.4 Å². The quantitative estimate of drug-likeness (QED) is 0.0153. The number of sulfone groups is 1. The number of nitrogens with zero attached hydrogens (tertiary/aromatic N) is 7. The summed E-state index contributed by atoms with van der Waals surface area (Å²) < 4.78 is 49.6. The largest absolute Gasteiger partial charge is 0.299 e. The SMILES string of the molecule is CC(C)C(=C[N+](=O)[O-])C(C)C.CC(C)C(=NC#N)C(C)C.CC(C)C(=O)C(=O)C(C)C.CC(C)C(=O)C(C)C.CC(C)C(=O)CC(=O)C(C)C.CC(C)C(=S)C(C)C.CC(C)C1=NS(=O)N=C1C(C)C.CC(C)CC(=O)C(C)C.CC(C)S(=O)(=O)C(C)C.CC(C)c1c(C(C)C)c(=O)c1=O.CC(C)c1nsnc1C(C)C. The van der Waals surface area contributed by atoms with Crippen molar-refractivity contribution in [2.45, 2.75) is 352 Å². The molecule has 24 heteroatoms. The van der Waals surface area contributed by atoms with Gasteiger partial charge in [-0.2, -0.15) is 27.8 Å². The van der Waals surface area contributed by atoms with Crippen LogP contribution in [-0.2, 0) is 49.8 Å². The fourth-order valence-corrected chi connectivity index (χ4v) is 12.3. The molecular formula is C87H159N7O13S4. The zero-order valence-corrected chi connectivity index (χ0v) is 81.0. The van der Waals surface area contributed by atoms with Crippen LogP contribution in [0.5, 0.6) is 0 Å². The molecule has 0 N–H and O–H groups in total. The summed E-state index contributed by atoms with van der Waals surface area (Å²) in [5.41, 5.74) is 6.99. The average molecular weight is 1640 g/mol. The molecule has 1 aromatic carbocycles. The Morgan fingerprint density at radius 3 is 0.883 bits per heavy atom. The lowest BCUT2D eigenvalue weighted by Crippen LogP contribution is -2.41. The number of nitro groups is 1. The zero-order chi connectivity index (χ0) is 90.2. The highest BCUT2D eigenvalue weighted by Gasteiger charge is 2.26. The third-order valence-corrected chi connectivity index (χ3v) is 21.0. The van der Waals surface area contributed by atoms with Crippen molar-refractivity contribution in [2.24, 2.45) is 108 Å². The Labute approximate surface area is 688 Å². The Kier molecular flexibility index (Phi) is 68.6. The molecule has 20 nitrogen and oxygen atoms in total. The number of Topliss-reactive ketones (excluding diaryl/α,β-unsaturated/α-hetero) is 6. The molecule has 0 unspecified atom stereocenters. The van der Waals surface area contributed by atoms with Crippen molar-refractivity contribution < 1.29 is 46.3 Å². The van der Waals surface area contributed by atoms with E-state index in [4.69, 9.17) is 17.5 Å². The Balaban J connectivity index is -0.000000176. The molecule has 1 aromatic heterocycles. The Morgan fingerprint density at radius 1 is 0.459 bits per heavy atom. The minimum Gasteiger partial charge on any atom is -0.299 e. The van der Waals surface area contributed by atoms with Gasteiger partial charge in [0.2, 0.25) is 34.8 Å². The fourth-order valence-electron chi connectivity index (χ4n) is 9.40. The molecule has 0 saturated carbocycles. The molecule has 0 saturated heterocycles. The maximum atomic E-state index is 11.1. The topological polar surface area (TPSA) is 318 Å². The van der Waals surface area contributed by atoms with Crippen LogP contribution >= 0.6 is 23.9 Å². The highest BCUT2D eigenvalue weighted by Crippen LogP contribution is 2.25. The van der Waals surface area contributed by atoms with Gasteiger partial charge in [0.15, 0.2) is 9.84 Å². The Morgan fingerprint density at radius 2 is 0.757 bits per heavy atom. The highest BCUT2D eigenvalue weighted by molar-refractivity contribution is 7.92. The molecule has 0 amide bonds. The van der Waals surface area contributed by atoms with E-state index in [1.54, 1.807) is 55.4 Å². The van der Waals surface area contributed by atoms with E-state index in [-0.39, 0.29) is 121 Å². The molecule has 0 atom stereocenters. The van der Waals surface area contributed by atoms with Crippen LogP contribution in [0.15, 0.2) is 35.1 Å². The van der Waals surface area contributed by atoms with Crippen molar-refractivity contribution in [3.8, 4) is 6.19 Å². The normalized spacial score (nSPS) is 11.9. The zero-order valence-electron chi connectivity index (χ0n) is 77.8. The van der Waals surface area contributed by atoms with Gasteiger partial charge in [0.25, 0.3) is 11.2 Å². The Bertz CT molecular complexity index is 3240. The van der Waals surface area contributed by atoms with E-state index >= 15 is 0 Å². The molecule has 0 aliphatic carbocycles. The number of carbonyl (C=O) groups is 6. The number of nitriles is 1. The summed E-state index contributed by atoms with van der Waals surface area (Å²) in [6, 6.07) is 0. The molecule has 0 fully saturated rings. The number of allylic oxidation sites excluding steroid dienone is 1.